The monoisotopic (exact) mass is 421 g/mol. The first-order valence-corrected chi connectivity index (χ1v) is 10.7. The van der Waals surface area contributed by atoms with Gasteiger partial charge in [0.2, 0.25) is 5.92 Å². The van der Waals surface area contributed by atoms with Crippen LogP contribution in [-0.4, -0.2) is 28.2 Å². The van der Waals surface area contributed by atoms with Crippen molar-refractivity contribution in [3.63, 3.8) is 0 Å². The van der Waals surface area contributed by atoms with E-state index in [1.54, 1.807) is 30.3 Å². The predicted molar refractivity (Wildman–Crippen MR) is 108 cm³/mol. The number of imidazole rings is 1. The molecule has 0 aliphatic heterocycles. The van der Waals surface area contributed by atoms with Crippen molar-refractivity contribution in [2.24, 2.45) is 5.92 Å². The molecule has 0 radical (unpaired) electrons. The van der Waals surface area contributed by atoms with E-state index in [2.05, 4.69) is 16.1 Å². The zero-order valence-corrected chi connectivity index (χ0v) is 17.7. The molecule has 1 N–H and O–H groups in total. The Labute approximate surface area is 176 Å². The van der Waals surface area contributed by atoms with Gasteiger partial charge in [-0.2, -0.15) is 0 Å². The summed E-state index contributed by atoms with van der Waals surface area (Å²) in [7, 11) is 0. The van der Waals surface area contributed by atoms with Crippen molar-refractivity contribution in [2.75, 3.05) is 6.61 Å². The average Bonchev–Trinajstić information content (AvgIpc) is 3.28. The van der Waals surface area contributed by atoms with Gasteiger partial charge < -0.3 is 9.84 Å². The molecule has 2 aromatic rings. The maximum Gasteiger partial charge on any atom is 0.343 e. The normalized spacial score (nSPS) is 20.1. The van der Waals surface area contributed by atoms with Crippen molar-refractivity contribution in [2.45, 2.75) is 70.6 Å². The summed E-state index contributed by atoms with van der Waals surface area (Å²) in [5, 5.41) is 11.3. The molecule has 1 aromatic heterocycles. The molecule has 0 spiro atoms. The summed E-state index contributed by atoms with van der Waals surface area (Å²) in [5.41, 5.74) is -1.76. The minimum absolute atomic E-state index is 0.0769. The molecule has 2 atom stereocenters. The average molecular weight is 422 g/mol. The number of alkyl halides is 2. The second-order valence-electron chi connectivity index (χ2n) is 8.15. The molecule has 1 heterocycles. The molecule has 0 amide bonds. The number of esters is 1. The highest BCUT2D eigenvalue weighted by atomic mass is 19.3. The lowest BCUT2D eigenvalue weighted by Crippen LogP contribution is -2.44. The van der Waals surface area contributed by atoms with Crippen molar-refractivity contribution in [3.05, 3.63) is 54.1 Å². The maximum absolute atomic E-state index is 13.8. The summed E-state index contributed by atoms with van der Waals surface area (Å²) in [4.78, 5) is 12.9. The van der Waals surface area contributed by atoms with E-state index in [0.29, 0.717) is 18.5 Å². The van der Waals surface area contributed by atoms with Crippen LogP contribution in [0.15, 0.2) is 42.7 Å². The molecule has 7 heteroatoms. The van der Waals surface area contributed by atoms with Crippen LogP contribution in [0.3, 0.4) is 0 Å². The van der Waals surface area contributed by atoms with Crippen molar-refractivity contribution in [1.82, 2.24) is 4.57 Å². The second-order valence-corrected chi connectivity index (χ2v) is 8.15. The van der Waals surface area contributed by atoms with E-state index in [9.17, 15) is 18.7 Å². The van der Waals surface area contributed by atoms with E-state index in [1.807, 2.05) is 19.3 Å². The molecule has 5 nitrogen and oxygen atoms in total. The Bertz CT molecular complexity index is 853. The van der Waals surface area contributed by atoms with Crippen LogP contribution >= 0.6 is 0 Å². The summed E-state index contributed by atoms with van der Waals surface area (Å²) in [6.07, 6.45) is 4.86. The minimum atomic E-state index is -2.87. The molecule has 164 valence electrons. The largest absolute Gasteiger partial charge is 0.463 e. The molecule has 1 aromatic carbocycles. The number of nitrogens with zero attached hydrogens (tertiary/aromatic N) is 2. The highest BCUT2D eigenvalue weighted by Crippen LogP contribution is 2.47. The SMILES string of the molecule is CCC[n+]1ccn(CCCOC(=O)[C@](O)(c2ccccc2)[C@@H]2CCC(F)(F)C2)c1C. The van der Waals surface area contributed by atoms with Crippen molar-refractivity contribution in [3.8, 4) is 0 Å². The molecule has 30 heavy (non-hydrogen) atoms. The third kappa shape index (κ3) is 4.72. The number of aromatic nitrogens is 2. The summed E-state index contributed by atoms with van der Waals surface area (Å²) in [6, 6.07) is 8.30. The number of carbonyl (C=O) groups is 1. The van der Waals surface area contributed by atoms with Gasteiger partial charge in [0.15, 0.2) is 5.60 Å². The summed E-state index contributed by atoms with van der Waals surface area (Å²) < 4.78 is 37.3. The van der Waals surface area contributed by atoms with Crippen molar-refractivity contribution < 1.29 is 28.0 Å². The first kappa shape index (κ1) is 22.4. The van der Waals surface area contributed by atoms with Gasteiger partial charge in [-0.05, 0) is 18.4 Å². The maximum atomic E-state index is 13.8. The lowest BCUT2D eigenvalue weighted by atomic mass is 9.80. The molecule has 1 aliphatic rings. The van der Waals surface area contributed by atoms with E-state index >= 15 is 0 Å². The summed E-state index contributed by atoms with van der Waals surface area (Å²) in [5.74, 6) is -3.46. The first-order chi connectivity index (χ1) is 14.3. The molecular formula is C23H31F2N2O3+. The van der Waals surface area contributed by atoms with Crippen LogP contribution in [0.1, 0.15) is 50.4 Å². The molecule has 1 aliphatic carbocycles. The fourth-order valence-electron chi connectivity index (χ4n) is 4.28. The van der Waals surface area contributed by atoms with Gasteiger partial charge in [-0.3, -0.25) is 0 Å². The van der Waals surface area contributed by atoms with Gasteiger partial charge in [0.1, 0.15) is 12.4 Å². The van der Waals surface area contributed by atoms with Gasteiger partial charge in [0, 0.05) is 32.1 Å². The standard InChI is InChI=1S/C23H31F2N2O3/c1-3-12-26-14-15-27(18(26)2)13-7-16-30-21(28)23(29,19-8-5-4-6-9-19)20-10-11-22(24,25)17-20/h4-6,8-9,14-15,20,29H,3,7,10-13,16-17H2,1-2H3/q+1/t20-,23+/m1/s1. The van der Waals surface area contributed by atoms with Gasteiger partial charge in [0.05, 0.1) is 19.7 Å². The van der Waals surface area contributed by atoms with Gasteiger partial charge in [-0.1, -0.05) is 37.3 Å². The molecule has 1 fully saturated rings. The van der Waals surface area contributed by atoms with Gasteiger partial charge >= 0.3 is 5.97 Å². The predicted octanol–water partition coefficient (Wildman–Crippen LogP) is 3.75. The number of ether oxygens (including phenoxy) is 1. The smallest absolute Gasteiger partial charge is 0.343 e. The van der Waals surface area contributed by atoms with E-state index in [0.717, 1.165) is 18.8 Å². The van der Waals surface area contributed by atoms with E-state index in [4.69, 9.17) is 4.74 Å². The van der Waals surface area contributed by atoms with E-state index < -0.39 is 29.8 Å². The Balaban J connectivity index is 1.64. The number of rotatable bonds is 9. The van der Waals surface area contributed by atoms with Gasteiger partial charge in [0.25, 0.3) is 5.82 Å². The minimum Gasteiger partial charge on any atom is -0.463 e. The summed E-state index contributed by atoms with van der Waals surface area (Å²) >= 11 is 0. The Morgan fingerprint density at radius 1 is 1.37 bits per heavy atom. The quantitative estimate of drug-likeness (QED) is 0.381. The zero-order chi connectivity index (χ0) is 21.8. The molecule has 0 saturated heterocycles. The van der Waals surface area contributed by atoms with Crippen LogP contribution in [0.5, 0.6) is 0 Å². The van der Waals surface area contributed by atoms with Crippen LogP contribution in [0.25, 0.3) is 0 Å². The Hall–Kier alpha value is -2.28. The lowest BCUT2D eigenvalue weighted by Gasteiger charge is -2.32. The highest BCUT2D eigenvalue weighted by Gasteiger charge is 2.54. The number of aryl methyl sites for hydroxylation is 2. The number of halogens is 2. The second kappa shape index (κ2) is 9.25. The molecule has 1 saturated carbocycles. The topological polar surface area (TPSA) is 55.3 Å². The Morgan fingerprint density at radius 2 is 2.10 bits per heavy atom. The molecule has 0 bridgehead atoms. The summed E-state index contributed by atoms with van der Waals surface area (Å²) in [6.45, 7) is 5.89. The first-order valence-electron chi connectivity index (χ1n) is 10.7. The number of hydrogen-bond donors (Lipinski definition) is 1. The Morgan fingerprint density at radius 3 is 2.73 bits per heavy atom. The molecular weight excluding hydrogens is 390 g/mol. The number of aliphatic hydroxyl groups is 1. The van der Waals surface area contributed by atoms with Crippen LogP contribution < -0.4 is 4.57 Å². The zero-order valence-electron chi connectivity index (χ0n) is 17.7. The van der Waals surface area contributed by atoms with Crippen LogP contribution in [0.4, 0.5) is 8.78 Å². The fourth-order valence-corrected chi connectivity index (χ4v) is 4.28. The van der Waals surface area contributed by atoms with Crippen LogP contribution in [-0.2, 0) is 28.2 Å². The number of benzene rings is 1. The van der Waals surface area contributed by atoms with Gasteiger partial charge in [-0.25, -0.2) is 22.7 Å². The number of carbonyl (C=O) groups excluding carboxylic acids is 1. The van der Waals surface area contributed by atoms with Crippen molar-refractivity contribution in [1.29, 1.82) is 0 Å². The van der Waals surface area contributed by atoms with Gasteiger partial charge in [-0.15, -0.1) is 0 Å². The van der Waals surface area contributed by atoms with E-state index in [1.165, 1.54) is 0 Å². The fraction of sp³-hybridized carbons (Fsp3) is 0.565. The molecule has 0 unspecified atom stereocenters. The molecule has 3 rings (SSSR count). The lowest BCUT2D eigenvalue weighted by molar-refractivity contribution is -0.702. The third-order valence-electron chi connectivity index (χ3n) is 6.02. The third-order valence-corrected chi connectivity index (χ3v) is 6.02. The Kier molecular flexibility index (Phi) is 6.91. The van der Waals surface area contributed by atoms with Crippen molar-refractivity contribution >= 4 is 5.97 Å². The van der Waals surface area contributed by atoms with Crippen LogP contribution in [0, 0.1) is 12.8 Å². The van der Waals surface area contributed by atoms with E-state index in [-0.39, 0.29) is 19.4 Å². The van der Waals surface area contributed by atoms with Crippen LogP contribution in [0.2, 0.25) is 0 Å². The number of hydrogen-bond acceptors (Lipinski definition) is 3. The highest BCUT2D eigenvalue weighted by molar-refractivity contribution is 5.81.